The van der Waals surface area contributed by atoms with Gasteiger partial charge in [-0.2, -0.15) is 0 Å². The van der Waals surface area contributed by atoms with Crippen molar-refractivity contribution in [1.82, 2.24) is 10.2 Å². The number of rotatable bonds is 9. The van der Waals surface area contributed by atoms with Gasteiger partial charge in [-0.1, -0.05) is 0 Å². The topological polar surface area (TPSA) is 69.7 Å². The number of carbonyl (C=O) groups excluding carboxylic acids is 1. The Kier molecular flexibility index (Phi) is 7.68. The smallest absolute Gasteiger partial charge is 0.232 e. The highest BCUT2D eigenvalue weighted by atomic mass is 32.2. The largest absolute Gasteiger partial charge is 0.356 e. The van der Waals surface area contributed by atoms with E-state index < -0.39 is 39.1 Å². The number of nitrogens with zero attached hydrogens (tertiary/aromatic N) is 2. The lowest BCUT2D eigenvalue weighted by Gasteiger charge is -2.23. The van der Waals surface area contributed by atoms with Crippen LogP contribution in [0.3, 0.4) is 0 Å². The molecule has 0 bridgehead atoms. The van der Waals surface area contributed by atoms with Crippen LogP contribution in [-0.2, 0) is 14.8 Å². The van der Waals surface area contributed by atoms with Crippen LogP contribution in [0.4, 0.5) is 18.9 Å². The second kappa shape index (κ2) is 9.04. The second-order valence-electron chi connectivity index (χ2n) is 5.79. The first-order valence-corrected chi connectivity index (χ1v) is 9.41. The van der Waals surface area contributed by atoms with Gasteiger partial charge >= 0.3 is 0 Å². The van der Waals surface area contributed by atoms with Crippen LogP contribution < -0.4 is 9.62 Å². The Balaban J connectivity index is 2.77. The van der Waals surface area contributed by atoms with E-state index in [1.807, 2.05) is 19.0 Å². The predicted octanol–water partition coefficient (Wildman–Crippen LogP) is 1.33. The van der Waals surface area contributed by atoms with Crippen molar-refractivity contribution < 1.29 is 26.4 Å². The Hall–Kier alpha value is -1.81. The fourth-order valence-electron chi connectivity index (χ4n) is 2.09. The summed E-state index contributed by atoms with van der Waals surface area (Å²) in [5.41, 5.74) is -0.637. The molecule has 1 N–H and O–H groups in total. The van der Waals surface area contributed by atoms with Gasteiger partial charge in [0.25, 0.3) is 0 Å². The molecule has 0 saturated heterocycles. The molecule has 25 heavy (non-hydrogen) atoms. The molecule has 0 saturated carbocycles. The van der Waals surface area contributed by atoms with Gasteiger partial charge in [-0.25, -0.2) is 21.6 Å². The molecule has 1 aromatic carbocycles. The maximum absolute atomic E-state index is 13.9. The molecule has 0 aliphatic carbocycles. The van der Waals surface area contributed by atoms with Crippen molar-refractivity contribution in [3.63, 3.8) is 0 Å². The van der Waals surface area contributed by atoms with Crippen molar-refractivity contribution in [3.05, 3.63) is 29.6 Å². The molecule has 0 aromatic heterocycles. The van der Waals surface area contributed by atoms with Crippen LogP contribution in [0, 0.1) is 17.5 Å². The summed E-state index contributed by atoms with van der Waals surface area (Å²) in [7, 11) is -0.202. The van der Waals surface area contributed by atoms with Gasteiger partial charge in [-0.05, 0) is 39.2 Å². The third-order valence-electron chi connectivity index (χ3n) is 3.33. The summed E-state index contributed by atoms with van der Waals surface area (Å²) in [6.07, 6.45) is 1.27. The highest BCUT2D eigenvalue weighted by Crippen LogP contribution is 2.25. The van der Waals surface area contributed by atoms with E-state index in [1.165, 1.54) is 0 Å². The maximum Gasteiger partial charge on any atom is 0.232 e. The summed E-state index contributed by atoms with van der Waals surface area (Å²) < 4.78 is 64.4. The molecule has 0 aliphatic rings. The molecule has 10 heteroatoms. The Bertz CT molecular complexity index is 711. The van der Waals surface area contributed by atoms with E-state index in [0.717, 1.165) is 18.9 Å². The molecule has 1 amide bonds. The molecular formula is C15H22F3N3O3S. The number of carbonyl (C=O) groups is 1. The zero-order valence-corrected chi connectivity index (χ0v) is 15.2. The highest BCUT2D eigenvalue weighted by Gasteiger charge is 2.25. The summed E-state index contributed by atoms with van der Waals surface area (Å²) >= 11 is 0. The third-order valence-corrected chi connectivity index (χ3v) is 4.51. The molecule has 142 valence electrons. The lowest BCUT2D eigenvalue weighted by Crippen LogP contribution is -2.36. The SMILES string of the molecule is CN(C)CCCNC(=O)CCN(c1ccc(F)c(F)c1F)S(C)(=O)=O. The summed E-state index contributed by atoms with van der Waals surface area (Å²) in [5.74, 6) is -5.22. The first-order chi connectivity index (χ1) is 11.5. The van der Waals surface area contributed by atoms with Gasteiger partial charge in [0.15, 0.2) is 17.5 Å². The number of anilines is 1. The Morgan fingerprint density at radius 2 is 1.76 bits per heavy atom. The van der Waals surface area contributed by atoms with E-state index >= 15 is 0 Å². The molecule has 0 atom stereocenters. The quantitative estimate of drug-likeness (QED) is 0.518. The summed E-state index contributed by atoms with van der Waals surface area (Å²) in [4.78, 5) is 13.7. The van der Waals surface area contributed by atoms with Gasteiger partial charge in [0.05, 0.1) is 11.9 Å². The molecule has 1 aromatic rings. The van der Waals surface area contributed by atoms with Crippen LogP contribution >= 0.6 is 0 Å². The standard InChI is InChI=1S/C15H22F3N3O3S/c1-20(2)9-4-8-19-13(22)7-10-21(25(3,23)24)12-6-5-11(16)14(17)15(12)18/h5-6H,4,7-10H2,1-3H3,(H,19,22). The molecule has 1 rings (SSSR count). The minimum atomic E-state index is -3.98. The van der Waals surface area contributed by atoms with E-state index in [0.29, 0.717) is 23.3 Å². The molecule has 0 unspecified atom stereocenters. The maximum atomic E-state index is 13.9. The predicted molar refractivity (Wildman–Crippen MR) is 89.3 cm³/mol. The van der Waals surface area contributed by atoms with E-state index in [4.69, 9.17) is 0 Å². The van der Waals surface area contributed by atoms with Crippen molar-refractivity contribution in [2.75, 3.05) is 44.3 Å². The van der Waals surface area contributed by atoms with Gasteiger partial charge in [-0.3, -0.25) is 9.10 Å². The number of benzene rings is 1. The second-order valence-corrected chi connectivity index (χ2v) is 7.69. The van der Waals surface area contributed by atoms with Gasteiger partial charge in [0.2, 0.25) is 15.9 Å². The molecule has 0 fully saturated rings. The monoisotopic (exact) mass is 381 g/mol. The lowest BCUT2D eigenvalue weighted by molar-refractivity contribution is -0.120. The lowest BCUT2D eigenvalue weighted by atomic mass is 10.2. The van der Waals surface area contributed by atoms with E-state index in [9.17, 15) is 26.4 Å². The fourth-order valence-corrected chi connectivity index (χ4v) is 3.01. The van der Waals surface area contributed by atoms with Crippen LogP contribution in [0.25, 0.3) is 0 Å². The van der Waals surface area contributed by atoms with Gasteiger partial charge in [0, 0.05) is 19.5 Å². The van der Waals surface area contributed by atoms with E-state index in [1.54, 1.807) is 0 Å². The minimum Gasteiger partial charge on any atom is -0.356 e. The van der Waals surface area contributed by atoms with Crippen molar-refractivity contribution >= 4 is 21.6 Å². The zero-order chi connectivity index (χ0) is 19.2. The van der Waals surface area contributed by atoms with Crippen molar-refractivity contribution in [2.24, 2.45) is 0 Å². The molecule has 0 spiro atoms. The van der Waals surface area contributed by atoms with Gasteiger partial charge < -0.3 is 10.2 Å². The Morgan fingerprint density at radius 3 is 2.32 bits per heavy atom. The summed E-state index contributed by atoms with van der Waals surface area (Å²) in [6, 6.07) is 1.46. The van der Waals surface area contributed by atoms with Crippen LogP contribution in [0.15, 0.2) is 12.1 Å². The van der Waals surface area contributed by atoms with Crippen molar-refractivity contribution in [3.8, 4) is 0 Å². The highest BCUT2D eigenvalue weighted by molar-refractivity contribution is 7.92. The Morgan fingerprint density at radius 1 is 1.12 bits per heavy atom. The third kappa shape index (κ3) is 6.54. The number of sulfonamides is 1. The van der Waals surface area contributed by atoms with Gasteiger partial charge in [-0.15, -0.1) is 0 Å². The molecule has 0 aliphatic heterocycles. The van der Waals surface area contributed by atoms with Crippen LogP contribution in [0.2, 0.25) is 0 Å². The Labute approximate surface area is 145 Å². The normalized spacial score (nSPS) is 11.6. The average molecular weight is 381 g/mol. The molecule has 0 heterocycles. The summed E-state index contributed by atoms with van der Waals surface area (Å²) in [6.45, 7) is 0.797. The molecular weight excluding hydrogens is 359 g/mol. The number of hydrogen-bond donors (Lipinski definition) is 1. The molecule has 6 nitrogen and oxygen atoms in total. The average Bonchev–Trinajstić information content (AvgIpc) is 2.50. The number of amides is 1. The first kappa shape index (κ1) is 21.2. The van der Waals surface area contributed by atoms with E-state index in [-0.39, 0.29) is 13.0 Å². The molecule has 0 radical (unpaired) electrons. The summed E-state index contributed by atoms with van der Waals surface area (Å²) in [5, 5.41) is 2.62. The van der Waals surface area contributed by atoms with Crippen LogP contribution in [0.5, 0.6) is 0 Å². The van der Waals surface area contributed by atoms with Crippen molar-refractivity contribution in [2.45, 2.75) is 12.8 Å². The van der Waals surface area contributed by atoms with Crippen LogP contribution in [0.1, 0.15) is 12.8 Å². The fraction of sp³-hybridized carbons (Fsp3) is 0.533. The van der Waals surface area contributed by atoms with Crippen molar-refractivity contribution in [1.29, 1.82) is 0 Å². The number of hydrogen-bond acceptors (Lipinski definition) is 4. The van der Waals surface area contributed by atoms with Crippen LogP contribution in [-0.4, -0.2) is 59.2 Å². The van der Waals surface area contributed by atoms with E-state index in [2.05, 4.69) is 5.32 Å². The first-order valence-electron chi connectivity index (χ1n) is 7.56. The zero-order valence-electron chi connectivity index (χ0n) is 14.4. The number of halogens is 3. The minimum absolute atomic E-state index is 0.243. The van der Waals surface area contributed by atoms with Gasteiger partial charge in [0.1, 0.15) is 0 Å². The number of nitrogens with one attached hydrogen (secondary N) is 1.